The van der Waals surface area contributed by atoms with Gasteiger partial charge in [-0.2, -0.15) is 4.89 Å². The average Bonchev–Trinajstić information content (AvgIpc) is 2.30. The highest BCUT2D eigenvalue weighted by Crippen LogP contribution is 2.11. The highest BCUT2D eigenvalue weighted by Gasteiger charge is 2.16. The van der Waals surface area contributed by atoms with Crippen molar-refractivity contribution in [3.63, 3.8) is 0 Å². The molecule has 0 aromatic carbocycles. The monoisotopic (exact) mass is 274 g/mol. The molecule has 114 valence electrons. The van der Waals surface area contributed by atoms with E-state index >= 15 is 0 Å². The van der Waals surface area contributed by atoms with Gasteiger partial charge in [-0.1, -0.05) is 39.0 Å². The molecule has 0 radical (unpaired) electrons. The van der Waals surface area contributed by atoms with Crippen molar-refractivity contribution in [3.8, 4) is 0 Å². The fourth-order valence-electron chi connectivity index (χ4n) is 1.53. The second kappa shape index (κ2) is 10.2. The summed E-state index contributed by atoms with van der Waals surface area (Å²) in [6.07, 6.45) is 6.73. The molecule has 0 saturated heterocycles. The van der Waals surface area contributed by atoms with Crippen LogP contribution in [0.15, 0.2) is 0 Å². The van der Waals surface area contributed by atoms with Crippen LogP contribution in [-0.2, 0) is 19.3 Å². The van der Waals surface area contributed by atoms with Gasteiger partial charge in [-0.15, -0.1) is 0 Å². The van der Waals surface area contributed by atoms with E-state index in [4.69, 9.17) is 14.5 Å². The number of hydrogen-bond acceptors (Lipinski definition) is 4. The molecule has 0 spiro atoms. The molecule has 0 bridgehead atoms. The van der Waals surface area contributed by atoms with Gasteiger partial charge in [0.2, 0.25) is 6.29 Å². The zero-order chi connectivity index (χ0) is 14.7. The zero-order valence-corrected chi connectivity index (χ0v) is 13.2. The fraction of sp³-hybridized carbons (Fsp3) is 0.933. The molecule has 1 atom stereocenters. The molecule has 19 heavy (non-hydrogen) atoms. The number of carbonyl (C=O) groups excluding carboxylic acids is 1. The summed E-state index contributed by atoms with van der Waals surface area (Å²) in [4.78, 5) is 21.6. The van der Waals surface area contributed by atoms with E-state index in [1.807, 2.05) is 20.8 Å². The van der Waals surface area contributed by atoms with Crippen molar-refractivity contribution in [1.82, 2.24) is 0 Å². The van der Waals surface area contributed by atoms with E-state index in [2.05, 4.69) is 6.92 Å². The molecule has 0 rings (SSSR count). The van der Waals surface area contributed by atoms with Gasteiger partial charge in [0.1, 0.15) is 0 Å². The lowest BCUT2D eigenvalue weighted by Gasteiger charge is -2.20. The smallest absolute Gasteiger partial charge is 0.308 e. The summed E-state index contributed by atoms with van der Waals surface area (Å²) in [5.74, 6) is -0.222. The van der Waals surface area contributed by atoms with Crippen molar-refractivity contribution in [2.24, 2.45) is 0 Å². The summed E-state index contributed by atoms with van der Waals surface area (Å²) in [6, 6.07) is 0. The maximum atomic E-state index is 11.5. The molecular formula is C15H30O4. The van der Waals surface area contributed by atoms with E-state index in [1.165, 1.54) is 25.7 Å². The number of carbonyl (C=O) groups is 1. The number of unbranched alkanes of at least 4 members (excludes halogenated alkanes) is 5. The van der Waals surface area contributed by atoms with E-state index in [1.54, 1.807) is 6.92 Å². The zero-order valence-electron chi connectivity index (χ0n) is 13.2. The van der Waals surface area contributed by atoms with Gasteiger partial charge in [0, 0.05) is 13.3 Å². The molecular weight excluding hydrogens is 244 g/mol. The van der Waals surface area contributed by atoms with Crippen LogP contribution in [0.5, 0.6) is 0 Å². The second-order valence-electron chi connectivity index (χ2n) is 5.87. The predicted molar refractivity (Wildman–Crippen MR) is 75.5 cm³/mol. The maximum Gasteiger partial charge on any atom is 0.308 e. The highest BCUT2D eigenvalue weighted by atomic mass is 17.2. The van der Waals surface area contributed by atoms with Crippen molar-refractivity contribution in [3.05, 3.63) is 0 Å². The molecule has 4 heteroatoms. The summed E-state index contributed by atoms with van der Waals surface area (Å²) < 4.78 is 5.09. The number of rotatable bonds is 10. The van der Waals surface area contributed by atoms with Crippen LogP contribution in [0.25, 0.3) is 0 Å². The molecule has 4 nitrogen and oxygen atoms in total. The van der Waals surface area contributed by atoms with Crippen LogP contribution in [0.1, 0.15) is 79.6 Å². The number of hydrogen-bond donors (Lipinski definition) is 0. The first-order chi connectivity index (χ1) is 8.85. The van der Waals surface area contributed by atoms with Gasteiger partial charge >= 0.3 is 5.97 Å². The molecule has 0 aromatic heterocycles. The van der Waals surface area contributed by atoms with Crippen LogP contribution in [0, 0.1) is 0 Å². The minimum absolute atomic E-state index is 0.222. The number of ether oxygens (including phenoxy) is 1. The molecule has 0 aromatic rings. The van der Waals surface area contributed by atoms with Crippen LogP contribution in [0.3, 0.4) is 0 Å². The summed E-state index contributed by atoms with van der Waals surface area (Å²) in [7, 11) is 0. The third kappa shape index (κ3) is 13.6. The Morgan fingerprint density at radius 1 is 1.05 bits per heavy atom. The van der Waals surface area contributed by atoms with Gasteiger partial charge in [-0.05, 0) is 27.2 Å². The topological polar surface area (TPSA) is 44.8 Å². The Labute approximate surface area is 117 Å². The summed E-state index contributed by atoms with van der Waals surface area (Å²) in [5, 5.41) is 0. The molecule has 0 N–H and O–H groups in total. The van der Waals surface area contributed by atoms with Crippen molar-refractivity contribution >= 4 is 5.97 Å². The van der Waals surface area contributed by atoms with Gasteiger partial charge < -0.3 is 4.74 Å². The SMILES string of the molecule is CCCCCCCCC(=O)OC(C)OOC(C)(C)C. The Balaban J connectivity index is 3.52. The third-order valence-electron chi connectivity index (χ3n) is 2.47. The largest absolute Gasteiger partial charge is 0.433 e. The standard InChI is InChI=1S/C15H30O4/c1-6-7-8-9-10-11-12-14(16)17-13(2)18-19-15(3,4)5/h13H,6-12H2,1-5H3. The Bertz CT molecular complexity index is 233. The predicted octanol–water partition coefficient (Wildman–Crippen LogP) is 4.37. The maximum absolute atomic E-state index is 11.5. The van der Waals surface area contributed by atoms with Crippen molar-refractivity contribution in [2.75, 3.05) is 0 Å². The van der Waals surface area contributed by atoms with Crippen molar-refractivity contribution < 1.29 is 19.3 Å². The Kier molecular flexibility index (Phi) is 9.88. The van der Waals surface area contributed by atoms with Crippen molar-refractivity contribution in [2.45, 2.75) is 91.5 Å². The first kappa shape index (κ1) is 18.4. The lowest BCUT2D eigenvalue weighted by molar-refractivity contribution is -0.405. The first-order valence-electron chi connectivity index (χ1n) is 7.39. The van der Waals surface area contributed by atoms with Crippen LogP contribution in [0.4, 0.5) is 0 Å². The van der Waals surface area contributed by atoms with Crippen LogP contribution in [0.2, 0.25) is 0 Å². The molecule has 0 heterocycles. The van der Waals surface area contributed by atoms with Crippen LogP contribution < -0.4 is 0 Å². The Morgan fingerprint density at radius 2 is 1.63 bits per heavy atom. The van der Waals surface area contributed by atoms with Gasteiger partial charge in [0.15, 0.2) is 0 Å². The van der Waals surface area contributed by atoms with Gasteiger partial charge in [0.25, 0.3) is 0 Å². The normalized spacial score (nSPS) is 13.3. The lowest BCUT2D eigenvalue weighted by atomic mass is 10.1. The molecule has 0 fully saturated rings. The fourth-order valence-corrected chi connectivity index (χ4v) is 1.53. The molecule has 0 saturated carbocycles. The van der Waals surface area contributed by atoms with Crippen LogP contribution in [-0.4, -0.2) is 17.9 Å². The number of esters is 1. The summed E-state index contributed by atoms with van der Waals surface area (Å²) in [5.41, 5.74) is -0.403. The van der Waals surface area contributed by atoms with E-state index in [-0.39, 0.29) is 5.97 Å². The molecule has 1 unspecified atom stereocenters. The Morgan fingerprint density at radius 3 is 2.21 bits per heavy atom. The van der Waals surface area contributed by atoms with Crippen molar-refractivity contribution in [1.29, 1.82) is 0 Å². The minimum atomic E-state index is -0.660. The van der Waals surface area contributed by atoms with E-state index < -0.39 is 11.9 Å². The highest BCUT2D eigenvalue weighted by molar-refractivity contribution is 5.69. The Hall–Kier alpha value is -0.610. The van der Waals surface area contributed by atoms with Gasteiger partial charge in [-0.25, -0.2) is 4.89 Å². The summed E-state index contributed by atoms with van der Waals surface area (Å²) >= 11 is 0. The second-order valence-corrected chi connectivity index (χ2v) is 5.87. The van der Waals surface area contributed by atoms with Crippen LogP contribution >= 0.6 is 0 Å². The molecule has 0 aliphatic heterocycles. The molecule has 0 aliphatic rings. The molecule has 0 amide bonds. The lowest BCUT2D eigenvalue weighted by Crippen LogP contribution is -2.25. The van der Waals surface area contributed by atoms with Gasteiger partial charge in [-0.3, -0.25) is 4.79 Å². The summed E-state index contributed by atoms with van der Waals surface area (Å²) in [6.45, 7) is 9.47. The quantitative estimate of drug-likeness (QED) is 0.195. The van der Waals surface area contributed by atoms with E-state index in [0.29, 0.717) is 6.42 Å². The van der Waals surface area contributed by atoms with E-state index in [0.717, 1.165) is 12.8 Å². The van der Waals surface area contributed by atoms with E-state index in [9.17, 15) is 4.79 Å². The molecule has 0 aliphatic carbocycles. The first-order valence-corrected chi connectivity index (χ1v) is 7.39. The van der Waals surface area contributed by atoms with Gasteiger partial charge in [0.05, 0.1) is 5.60 Å². The average molecular weight is 274 g/mol. The third-order valence-corrected chi connectivity index (χ3v) is 2.47. The minimum Gasteiger partial charge on any atom is -0.433 e.